The van der Waals surface area contributed by atoms with E-state index in [4.69, 9.17) is 0 Å². The SMILES string of the molecule is Cc1nn(C)c(NC=O)c1Br. The zero-order valence-corrected chi connectivity index (χ0v) is 7.84. The van der Waals surface area contributed by atoms with Crippen LogP contribution in [0, 0.1) is 6.92 Å². The molecule has 1 amide bonds. The number of aryl methyl sites for hydroxylation is 2. The second-order valence-electron chi connectivity index (χ2n) is 2.13. The van der Waals surface area contributed by atoms with Crippen molar-refractivity contribution in [2.24, 2.45) is 7.05 Å². The van der Waals surface area contributed by atoms with E-state index in [0.29, 0.717) is 12.2 Å². The van der Waals surface area contributed by atoms with Gasteiger partial charge in [0, 0.05) is 7.05 Å². The Labute approximate surface area is 72.7 Å². The number of hydrogen-bond acceptors (Lipinski definition) is 2. The van der Waals surface area contributed by atoms with Crippen LogP contribution in [0.15, 0.2) is 4.47 Å². The van der Waals surface area contributed by atoms with Gasteiger partial charge in [0.2, 0.25) is 6.41 Å². The molecule has 1 aromatic heterocycles. The molecule has 60 valence electrons. The molecule has 0 aliphatic carbocycles. The molecule has 0 aromatic carbocycles. The van der Waals surface area contributed by atoms with Gasteiger partial charge in [-0.2, -0.15) is 5.10 Å². The Morgan fingerprint density at radius 1 is 1.73 bits per heavy atom. The molecule has 11 heavy (non-hydrogen) atoms. The van der Waals surface area contributed by atoms with E-state index in [1.165, 1.54) is 0 Å². The molecule has 0 radical (unpaired) electrons. The highest BCUT2D eigenvalue weighted by Gasteiger charge is 2.08. The summed E-state index contributed by atoms with van der Waals surface area (Å²) < 4.78 is 2.43. The van der Waals surface area contributed by atoms with Crippen LogP contribution in [-0.4, -0.2) is 16.2 Å². The van der Waals surface area contributed by atoms with Crippen molar-refractivity contribution in [2.75, 3.05) is 5.32 Å². The fourth-order valence-corrected chi connectivity index (χ4v) is 1.30. The Kier molecular flexibility index (Phi) is 2.28. The molecule has 0 unspecified atom stereocenters. The molecule has 0 aliphatic heterocycles. The molecule has 1 rings (SSSR count). The third-order valence-electron chi connectivity index (χ3n) is 1.34. The van der Waals surface area contributed by atoms with Crippen LogP contribution in [0.5, 0.6) is 0 Å². The van der Waals surface area contributed by atoms with Gasteiger partial charge in [0.1, 0.15) is 5.82 Å². The quantitative estimate of drug-likeness (QED) is 0.754. The predicted molar refractivity (Wildman–Crippen MR) is 45.3 cm³/mol. The molecular formula is C6H8BrN3O. The summed E-state index contributed by atoms with van der Waals surface area (Å²) in [7, 11) is 1.77. The lowest BCUT2D eigenvalue weighted by Crippen LogP contribution is -2.01. The number of amides is 1. The fourth-order valence-electron chi connectivity index (χ4n) is 0.845. The Morgan fingerprint density at radius 2 is 2.36 bits per heavy atom. The monoisotopic (exact) mass is 217 g/mol. The van der Waals surface area contributed by atoms with E-state index in [1.54, 1.807) is 11.7 Å². The normalized spacial score (nSPS) is 9.73. The van der Waals surface area contributed by atoms with E-state index in [1.807, 2.05) is 6.92 Å². The molecule has 1 aromatic rings. The highest BCUT2D eigenvalue weighted by molar-refractivity contribution is 9.10. The first-order valence-electron chi connectivity index (χ1n) is 3.06. The van der Waals surface area contributed by atoms with Crippen LogP contribution in [-0.2, 0) is 11.8 Å². The number of carbonyl (C=O) groups is 1. The van der Waals surface area contributed by atoms with Gasteiger partial charge < -0.3 is 5.32 Å². The first-order chi connectivity index (χ1) is 5.16. The van der Waals surface area contributed by atoms with Crippen molar-refractivity contribution in [3.05, 3.63) is 10.2 Å². The number of hydrogen-bond donors (Lipinski definition) is 1. The Hall–Kier alpha value is -0.840. The van der Waals surface area contributed by atoms with Crippen LogP contribution in [0.4, 0.5) is 5.82 Å². The molecule has 0 saturated heterocycles. The van der Waals surface area contributed by atoms with Gasteiger partial charge in [-0.05, 0) is 22.9 Å². The average Bonchev–Trinajstić information content (AvgIpc) is 2.17. The average molecular weight is 218 g/mol. The number of carbonyl (C=O) groups excluding carboxylic acids is 1. The minimum absolute atomic E-state index is 0.626. The van der Waals surface area contributed by atoms with E-state index in [0.717, 1.165) is 10.2 Å². The summed E-state index contributed by atoms with van der Waals surface area (Å²) in [6.45, 7) is 1.86. The van der Waals surface area contributed by atoms with Crippen molar-refractivity contribution in [1.29, 1.82) is 0 Å². The van der Waals surface area contributed by atoms with Gasteiger partial charge in [-0.3, -0.25) is 9.48 Å². The molecule has 1 N–H and O–H groups in total. The number of nitrogens with one attached hydrogen (secondary N) is 1. The Balaban J connectivity index is 3.11. The van der Waals surface area contributed by atoms with Crippen LogP contribution in [0.25, 0.3) is 0 Å². The van der Waals surface area contributed by atoms with E-state index in [2.05, 4.69) is 26.3 Å². The van der Waals surface area contributed by atoms with Crippen LogP contribution in [0.3, 0.4) is 0 Å². The summed E-state index contributed by atoms with van der Waals surface area (Å²) in [6, 6.07) is 0. The minimum atomic E-state index is 0.626. The van der Waals surface area contributed by atoms with Gasteiger partial charge in [-0.15, -0.1) is 0 Å². The third-order valence-corrected chi connectivity index (χ3v) is 2.29. The van der Waals surface area contributed by atoms with Crippen molar-refractivity contribution in [1.82, 2.24) is 9.78 Å². The van der Waals surface area contributed by atoms with Crippen LogP contribution in [0.2, 0.25) is 0 Å². The van der Waals surface area contributed by atoms with Gasteiger partial charge >= 0.3 is 0 Å². The van der Waals surface area contributed by atoms with Gasteiger partial charge in [-0.1, -0.05) is 0 Å². The Bertz CT molecular complexity index is 282. The zero-order valence-electron chi connectivity index (χ0n) is 6.26. The molecular weight excluding hydrogens is 210 g/mol. The minimum Gasteiger partial charge on any atom is -0.313 e. The van der Waals surface area contributed by atoms with Crippen molar-refractivity contribution in [2.45, 2.75) is 6.92 Å². The maximum Gasteiger partial charge on any atom is 0.212 e. The molecule has 0 bridgehead atoms. The standard InChI is InChI=1S/C6H8BrN3O/c1-4-5(7)6(8-3-11)10(2)9-4/h3H,1-2H3,(H,8,11). The Morgan fingerprint density at radius 3 is 2.73 bits per heavy atom. The van der Waals surface area contributed by atoms with Gasteiger partial charge in [0.25, 0.3) is 0 Å². The number of anilines is 1. The lowest BCUT2D eigenvalue weighted by Gasteiger charge is -1.97. The van der Waals surface area contributed by atoms with Crippen molar-refractivity contribution in [3.8, 4) is 0 Å². The molecule has 0 aliphatic rings. The lowest BCUT2D eigenvalue weighted by atomic mass is 10.5. The summed E-state index contributed by atoms with van der Waals surface area (Å²) in [4.78, 5) is 10.1. The lowest BCUT2D eigenvalue weighted by molar-refractivity contribution is -0.105. The highest BCUT2D eigenvalue weighted by Crippen LogP contribution is 2.24. The number of rotatable bonds is 2. The smallest absolute Gasteiger partial charge is 0.212 e. The first kappa shape index (κ1) is 8.26. The number of halogens is 1. The zero-order chi connectivity index (χ0) is 8.43. The van der Waals surface area contributed by atoms with Gasteiger partial charge in [-0.25, -0.2) is 0 Å². The third kappa shape index (κ3) is 1.42. The highest BCUT2D eigenvalue weighted by atomic mass is 79.9. The molecule has 4 nitrogen and oxygen atoms in total. The van der Waals surface area contributed by atoms with Gasteiger partial charge in [0.05, 0.1) is 10.2 Å². The van der Waals surface area contributed by atoms with Crippen LogP contribution in [0.1, 0.15) is 5.69 Å². The molecule has 1 heterocycles. The summed E-state index contributed by atoms with van der Waals surface area (Å²) in [5.41, 5.74) is 0.858. The van der Waals surface area contributed by atoms with E-state index < -0.39 is 0 Å². The van der Waals surface area contributed by atoms with E-state index in [9.17, 15) is 4.79 Å². The maximum absolute atomic E-state index is 10.1. The van der Waals surface area contributed by atoms with Crippen molar-refractivity contribution in [3.63, 3.8) is 0 Å². The molecule has 5 heteroatoms. The van der Waals surface area contributed by atoms with E-state index >= 15 is 0 Å². The predicted octanol–water partition coefficient (Wildman–Crippen LogP) is 1.06. The summed E-state index contributed by atoms with van der Waals surface area (Å²) >= 11 is 3.30. The van der Waals surface area contributed by atoms with Gasteiger partial charge in [0.15, 0.2) is 0 Å². The first-order valence-corrected chi connectivity index (χ1v) is 3.85. The maximum atomic E-state index is 10.1. The summed E-state index contributed by atoms with van der Waals surface area (Å²) in [5, 5.41) is 6.62. The summed E-state index contributed by atoms with van der Waals surface area (Å²) in [5.74, 6) is 0.678. The van der Waals surface area contributed by atoms with Crippen LogP contribution >= 0.6 is 15.9 Å². The van der Waals surface area contributed by atoms with E-state index in [-0.39, 0.29) is 0 Å². The van der Waals surface area contributed by atoms with Crippen molar-refractivity contribution >= 4 is 28.2 Å². The number of nitrogens with zero attached hydrogens (tertiary/aromatic N) is 2. The topological polar surface area (TPSA) is 46.9 Å². The largest absolute Gasteiger partial charge is 0.313 e. The van der Waals surface area contributed by atoms with Crippen LogP contribution < -0.4 is 5.32 Å². The van der Waals surface area contributed by atoms with Crippen molar-refractivity contribution < 1.29 is 4.79 Å². The fraction of sp³-hybridized carbons (Fsp3) is 0.333. The molecule has 0 fully saturated rings. The second-order valence-corrected chi connectivity index (χ2v) is 2.93. The molecule has 0 spiro atoms. The summed E-state index contributed by atoms with van der Waals surface area (Å²) in [6.07, 6.45) is 0.626. The molecule has 0 saturated carbocycles. The molecule has 0 atom stereocenters. The number of aromatic nitrogens is 2. The second kappa shape index (κ2) is 3.04.